The molecule has 3 nitrogen and oxygen atoms in total. The molecule has 0 atom stereocenters. The van der Waals surface area contributed by atoms with Gasteiger partial charge >= 0.3 is 5.97 Å². The predicted molar refractivity (Wildman–Crippen MR) is 59.7 cm³/mol. The highest BCUT2D eigenvalue weighted by molar-refractivity contribution is 5.69. The van der Waals surface area contributed by atoms with Gasteiger partial charge in [0.05, 0.1) is 13.5 Å². The molecule has 0 unspecified atom stereocenters. The number of methoxy groups -OCH3 is 1. The van der Waals surface area contributed by atoms with Gasteiger partial charge in [-0.15, -0.1) is 6.58 Å². The summed E-state index contributed by atoms with van der Waals surface area (Å²) < 4.78 is 6.76. The minimum Gasteiger partial charge on any atom is -0.469 e. The van der Waals surface area contributed by atoms with Crippen LogP contribution in [0, 0.1) is 6.92 Å². The van der Waals surface area contributed by atoms with E-state index in [0.29, 0.717) is 12.8 Å². The number of rotatable bonds is 5. The van der Waals surface area contributed by atoms with Gasteiger partial charge in [0, 0.05) is 17.9 Å². The molecule has 15 heavy (non-hydrogen) atoms. The lowest BCUT2D eigenvalue weighted by Gasteiger charge is -2.08. The third-order valence-corrected chi connectivity index (χ3v) is 2.41. The van der Waals surface area contributed by atoms with Crippen LogP contribution in [0.2, 0.25) is 0 Å². The molecule has 1 aromatic rings. The minimum atomic E-state index is -0.168. The van der Waals surface area contributed by atoms with Crippen LogP contribution < -0.4 is 0 Å². The number of esters is 1. The second kappa shape index (κ2) is 5.39. The maximum absolute atomic E-state index is 11.0. The van der Waals surface area contributed by atoms with Gasteiger partial charge in [0.15, 0.2) is 0 Å². The lowest BCUT2D eigenvalue weighted by Crippen LogP contribution is -2.07. The molecule has 0 saturated carbocycles. The van der Waals surface area contributed by atoms with Crippen LogP contribution in [-0.2, 0) is 22.5 Å². The van der Waals surface area contributed by atoms with Crippen molar-refractivity contribution in [1.82, 2.24) is 4.57 Å². The Balaban J connectivity index is 2.67. The second-order valence-corrected chi connectivity index (χ2v) is 3.44. The van der Waals surface area contributed by atoms with E-state index in [4.69, 9.17) is 0 Å². The molecule has 1 rings (SSSR count). The van der Waals surface area contributed by atoms with E-state index < -0.39 is 0 Å². The maximum Gasteiger partial charge on any atom is 0.305 e. The maximum atomic E-state index is 11.0. The van der Waals surface area contributed by atoms with E-state index in [2.05, 4.69) is 21.9 Å². The Hall–Kier alpha value is -1.51. The van der Waals surface area contributed by atoms with E-state index in [9.17, 15) is 4.79 Å². The molecular formula is C12H17NO2. The fourth-order valence-corrected chi connectivity index (χ4v) is 1.56. The number of allylic oxidation sites excluding steroid dienone is 1. The van der Waals surface area contributed by atoms with Gasteiger partial charge in [-0.1, -0.05) is 6.08 Å². The van der Waals surface area contributed by atoms with Crippen molar-refractivity contribution in [2.45, 2.75) is 26.3 Å². The van der Waals surface area contributed by atoms with E-state index >= 15 is 0 Å². The van der Waals surface area contributed by atoms with Crippen molar-refractivity contribution in [1.29, 1.82) is 0 Å². The van der Waals surface area contributed by atoms with Gasteiger partial charge in [0.1, 0.15) is 0 Å². The minimum absolute atomic E-state index is 0.168. The fourth-order valence-electron chi connectivity index (χ4n) is 1.56. The smallest absolute Gasteiger partial charge is 0.305 e. The number of hydrogen-bond donors (Lipinski definition) is 0. The normalized spacial score (nSPS) is 10.0. The van der Waals surface area contributed by atoms with Gasteiger partial charge in [-0.05, 0) is 25.5 Å². The lowest BCUT2D eigenvalue weighted by molar-refractivity contribution is -0.140. The zero-order chi connectivity index (χ0) is 11.3. The van der Waals surface area contributed by atoms with Crippen molar-refractivity contribution < 1.29 is 9.53 Å². The third-order valence-electron chi connectivity index (χ3n) is 2.41. The van der Waals surface area contributed by atoms with Crippen molar-refractivity contribution in [2.24, 2.45) is 0 Å². The van der Waals surface area contributed by atoms with E-state index in [0.717, 1.165) is 12.2 Å². The summed E-state index contributed by atoms with van der Waals surface area (Å²) in [6.07, 6.45) is 3.00. The fraction of sp³-hybridized carbons (Fsp3) is 0.417. The average Bonchev–Trinajstić information content (AvgIpc) is 2.58. The molecule has 0 fully saturated rings. The molecule has 0 bridgehead atoms. The van der Waals surface area contributed by atoms with Crippen LogP contribution in [-0.4, -0.2) is 17.6 Å². The van der Waals surface area contributed by atoms with Crippen molar-refractivity contribution in [3.05, 3.63) is 36.2 Å². The van der Waals surface area contributed by atoms with Gasteiger partial charge in [-0.3, -0.25) is 4.79 Å². The van der Waals surface area contributed by atoms with Crippen LogP contribution in [0.5, 0.6) is 0 Å². The first-order valence-electron chi connectivity index (χ1n) is 5.01. The van der Waals surface area contributed by atoms with Crippen molar-refractivity contribution in [3.63, 3.8) is 0 Å². The van der Waals surface area contributed by atoms with Crippen LogP contribution in [0.4, 0.5) is 0 Å². The molecule has 1 heterocycles. The van der Waals surface area contributed by atoms with Crippen LogP contribution in [0.3, 0.4) is 0 Å². The number of carbonyl (C=O) groups is 1. The van der Waals surface area contributed by atoms with Crippen LogP contribution in [0.25, 0.3) is 0 Å². The molecule has 0 aliphatic heterocycles. The van der Waals surface area contributed by atoms with Gasteiger partial charge in [-0.2, -0.15) is 0 Å². The molecule has 0 aliphatic carbocycles. The Morgan fingerprint density at radius 2 is 2.33 bits per heavy atom. The highest BCUT2D eigenvalue weighted by Crippen LogP contribution is 2.11. The third kappa shape index (κ3) is 2.98. The SMILES string of the molecule is C=CCn1c(C)ccc1CCC(=O)OC. The number of aryl methyl sites for hydroxylation is 2. The molecular weight excluding hydrogens is 190 g/mol. The second-order valence-electron chi connectivity index (χ2n) is 3.44. The zero-order valence-corrected chi connectivity index (χ0v) is 9.32. The summed E-state index contributed by atoms with van der Waals surface area (Å²) in [4.78, 5) is 11.0. The molecule has 0 amide bonds. The van der Waals surface area contributed by atoms with Gasteiger partial charge in [-0.25, -0.2) is 0 Å². The lowest BCUT2D eigenvalue weighted by atomic mass is 10.2. The van der Waals surface area contributed by atoms with E-state index in [1.807, 2.05) is 19.1 Å². The van der Waals surface area contributed by atoms with Crippen LogP contribution in [0.15, 0.2) is 24.8 Å². The first-order chi connectivity index (χ1) is 7.19. The summed E-state index contributed by atoms with van der Waals surface area (Å²) in [7, 11) is 1.41. The molecule has 0 N–H and O–H groups in total. The molecule has 0 radical (unpaired) electrons. The first kappa shape index (κ1) is 11.6. The van der Waals surface area contributed by atoms with Crippen LogP contribution >= 0.6 is 0 Å². The summed E-state index contributed by atoms with van der Waals surface area (Å²) in [5.74, 6) is -0.168. The Labute approximate surface area is 90.4 Å². The van der Waals surface area contributed by atoms with Gasteiger partial charge < -0.3 is 9.30 Å². The number of nitrogens with zero attached hydrogens (tertiary/aromatic N) is 1. The summed E-state index contributed by atoms with van der Waals surface area (Å²) >= 11 is 0. The van der Waals surface area contributed by atoms with Gasteiger partial charge in [0.25, 0.3) is 0 Å². The number of carbonyl (C=O) groups excluding carboxylic acids is 1. The van der Waals surface area contributed by atoms with Crippen molar-refractivity contribution in [3.8, 4) is 0 Å². The number of hydrogen-bond acceptors (Lipinski definition) is 2. The Bertz CT molecular complexity index is 353. The van der Waals surface area contributed by atoms with E-state index in [1.54, 1.807) is 0 Å². The monoisotopic (exact) mass is 207 g/mol. The highest BCUT2D eigenvalue weighted by Gasteiger charge is 2.06. The molecule has 3 heteroatoms. The largest absolute Gasteiger partial charge is 0.469 e. The average molecular weight is 207 g/mol. The summed E-state index contributed by atoms with van der Waals surface area (Å²) in [5, 5.41) is 0. The first-order valence-corrected chi connectivity index (χ1v) is 5.01. The van der Waals surface area contributed by atoms with Crippen molar-refractivity contribution in [2.75, 3.05) is 7.11 Å². The van der Waals surface area contributed by atoms with Crippen LogP contribution in [0.1, 0.15) is 17.8 Å². The summed E-state index contributed by atoms with van der Waals surface area (Å²) in [5.41, 5.74) is 2.34. The standard InChI is InChI=1S/C12H17NO2/c1-4-9-13-10(2)5-6-11(13)7-8-12(14)15-3/h4-6H,1,7-9H2,2-3H3. The Morgan fingerprint density at radius 1 is 1.60 bits per heavy atom. The molecule has 0 aromatic carbocycles. The molecule has 82 valence electrons. The Morgan fingerprint density at radius 3 is 2.93 bits per heavy atom. The number of aromatic nitrogens is 1. The molecule has 0 aliphatic rings. The van der Waals surface area contributed by atoms with E-state index in [-0.39, 0.29) is 5.97 Å². The quantitative estimate of drug-likeness (QED) is 0.547. The predicted octanol–water partition coefficient (Wildman–Crippen LogP) is 2.09. The molecule has 1 aromatic heterocycles. The Kier molecular flexibility index (Phi) is 4.16. The summed E-state index contributed by atoms with van der Waals surface area (Å²) in [6.45, 7) is 6.55. The van der Waals surface area contributed by atoms with Gasteiger partial charge in [0.2, 0.25) is 0 Å². The number of ether oxygens (including phenoxy) is 1. The van der Waals surface area contributed by atoms with E-state index in [1.165, 1.54) is 12.8 Å². The topological polar surface area (TPSA) is 31.2 Å². The highest BCUT2D eigenvalue weighted by atomic mass is 16.5. The summed E-state index contributed by atoms with van der Waals surface area (Å²) in [6, 6.07) is 4.10. The molecule has 0 spiro atoms. The molecule has 0 saturated heterocycles. The van der Waals surface area contributed by atoms with Crippen molar-refractivity contribution >= 4 is 5.97 Å². The zero-order valence-electron chi connectivity index (χ0n) is 9.32.